The van der Waals surface area contributed by atoms with E-state index >= 15 is 0 Å². The number of benzene rings is 1. The van der Waals surface area contributed by atoms with Crippen LogP contribution in [0.2, 0.25) is 5.02 Å². The molecule has 198 valence electrons. The van der Waals surface area contributed by atoms with Crippen molar-refractivity contribution in [3.63, 3.8) is 0 Å². The number of morpholine rings is 1. The number of carboxylic acid groups (broad SMARTS) is 1. The molecular weight excluding hydrogens is 506 g/mol. The third-order valence-electron chi connectivity index (χ3n) is 6.44. The first-order chi connectivity index (χ1) is 17.9. The second kappa shape index (κ2) is 11.1. The van der Waals surface area contributed by atoms with Gasteiger partial charge >= 0.3 is 5.97 Å². The van der Waals surface area contributed by atoms with Gasteiger partial charge in [-0.2, -0.15) is 0 Å². The molecule has 4 atom stereocenters. The molecule has 1 aromatic carbocycles. The van der Waals surface area contributed by atoms with Gasteiger partial charge in [-0.3, -0.25) is 9.47 Å². The Balaban J connectivity index is 1.29. The van der Waals surface area contributed by atoms with Crippen molar-refractivity contribution >= 4 is 34.6 Å². The van der Waals surface area contributed by atoms with E-state index in [1.54, 1.807) is 6.07 Å². The Morgan fingerprint density at radius 3 is 2.84 bits per heavy atom. The number of imidazole rings is 1. The zero-order valence-electron chi connectivity index (χ0n) is 19.9. The molecule has 13 nitrogen and oxygen atoms in total. The summed E-state index contributed by atoms with van der Waals surface area (Å²) in [5.41, 5.74) is 7.46. The molecule has 5 rings (SSSR count). The van der Waals surface area contributed by atoms with Gasteiger partial charge in [-0.1, -0.05) is 11.6 Å². The number of nitrogens with two attached hydrogens (primary N) is 1. The highest BCUT2D eigenvalue weighted by Crippen LogP contribution is 2.32. The zero-order chi connectivity index (χ0) is 25.9. The molecule has 4 unspecified atom stereocenters. The van der Waals surface area contributed by atoms with Crippen LogP contribution in [0.5, 0.6) is 5.75 Å². The number of anilines is 1. The SMILES string of the molecule is NC1C(C(=O)O)OC(n2cnc3c(NCc4cc(Cl)ccc4OCCN4CCOCC4)ncnc32)C1O. The summed E-state index contributed by atoms with van der Waals surface area (Å²) in [6.45, 7) is 4.92. The van der Waals surface area contributed by atoms with Crippen LogP contribution >= 0.6 is 11.6 Å². The van der Waals surface area contributed by atoms with E-state index in [-0.39, 0.29) is 0 Å². The van der Waals surface area contributed by atoms with Crippen LogP contribution in [0.4, 0.5) is 5.82 Å². The fourth-order valence-electron chi connectivity index (χ4n) is 4.43. The average Bonchev–Trinajstić information content (AvgIpc) is 3.45. The number of hydrogen-bond donors (Lipinski definition) is 4. The highest BCUT2D eigenvalue weighted by Gasteiger charge is 2.46. The number of aliphatic carboxylic acids is 1. The van der Waals surface area contributed by atoms with E-state index < -0.39 is 30.4 Å². The van der Waals surface area contributed by atoms with Gasteiger partial charge in [0.25, 0.3) is 0 Å². The molecule has 4 heterocycles. The van der Waals surface area contributed by atoms with Crippen molar-refractivity contribution in [3.05, 3.63) is 41.4 Å². The lowest BCUT2D eigenvalue weighted by Gasteiger charge is -2.26. The first-order valence-corrected chi connectivity index (χ1v) is 12.2. The summed E-state index contributed by atoms with van der Waals surface area (Å²) < 4.78 is 18.4. The van der Waals surface area contributed by atoms with Gasteiger partial charge in [0.2, 0.25) is 0 Å². The number of nitrogens with one attached hydrogen (secondary N) is 1. The van der Waals surface area contributed by atoms with Gasteiger partial charge in [-0.05, 0) is 18.2 Å². The molecule has 37 heavy (non-hydrogen) atoms. The Morgan fingerprint density at radius 1 is 1.27 bits per heavy atom. The summed E-state index contributed by atoms with van der Waals surface area (Å²) in [5.74, 6) is -0.105. The molecule has 14 heteroatoms. The number of rotatable bonds is 9. The van der Waals surface area contributed by atoms with Gasteiger partial charge in [-0.25, -0.2) is 19.7 Å². The third kappa shape index (κ3) is 5.46. The van der Waals surface area contributed by atoms with Crippen molar-refractivity contribution < 1.29 is 29.2 Å². The molecule has 2 aliphatic heterocycles. The Morgan fingerprint density at radius 2 is 2.08 bits per heavy atom. The van der Waals surface area contributed by atoms with Crippen LogP contribution in [0, 0.1) is 0 Å². The highest BCUT2D eigenvalue weighted by molar-refractivity contribution is 6.30. The van der Waals surface area contributed by atoms with E-state index in [1.807, 2.05) is 12.1 Å². The Hall–Kier alpha value is -3.07. The molecule has 0 spiro atoms. The first kappa shape index (κ1) is 25.6. The lowest BCUT2D eigenvalue weighted by atomic mass is 10.1. The van der Waals surface area contributed by atoms with Crippen molar-refractivity contribution in [2.24, 2.45) is 5.73 Å². The molecule has 2 aromatic heterocycles. The van der Waals surface area contributed by atoms with Crippen LogP contribution in [0.3, 0.4) is 0 Å². The molecule has 2 saturated heterocycles. The molecule has 0 saturated carbocycles. The predicted molar refractivity (Wildman–Crippen MR) is 132 cm³/mol. The third-order valence-corrected chi connectivity index (χ3v) is 6.67. The van der Waals surface area contributed by atoms with Crippen LogP contribution in [-0.2, 0) is 20.8 Å². The number of aliphatic hydroxyl groups is 1. The summed E-state index contributed by atoms with van der Waals surface area (Å²) >= 11 is 6.25. The van der Waals surface area contributed by atoms with Gasteiger partial charge in [0.05, 0.1) is 25.6 Å². The number of aromatic nitrogens is 4. The van der Waals surface area contributed by atoms with E-state index in [9.17, 15) is 15.0 Å². The molecule has 0 radical (unpaired) electrons. The molecule has 0 aliphatic carbocycles. The fraction of sp³-hybridized carbons (Fsp3) is 0.478. The number of ether oxygens (including phenoxy) is 3. The molecule has 0 amide bonds. The Kier molecular flexibility index (Phi) is 7.69. The summed E-state index contributed by atoms with van der Waals surface area (Å²) in [7, 11) is 0. The van der Waals surface area contributed by atoms with Crippen LogP contribution in [0.1, 0.15) is 11.8 Å². The number of carboxylic acids is 1. The number of halogens is 1. The van der Waals surface area contributed by atoms with E-state index in [0.717, 1.165) is 38.4 Å². The van der Waals surface area contributed by atoms with Crippen molar-refractivity contribution in [3.8, 4) is 5.75 Å². The second-order valence-electron chi connectivity index (χ2n) is 8.81. The summed E-state index contributed by atoms with van der Waals surface area (Å²) in [6.07, 6.45) is -0.899. The largest absolute Gasteiger partial charge is 0.492 e. The van der Waals surface area contributed by atoms with Crippen LogP contribution < -0.4 is 15.8 Å². The van der Waals surface area contributed by atoms with Gasteiger partial charge in [0.1, 0.15) is 24.8 Å². The minimum atomic E-state index is -1.35. The smallest absolute Gasteiger partial charge is 0.334 e. The number of carbonyl (C=O) groups is 1. The topological polar surface area (TPSA) is 170 Å². The van der Waals surface area contributed by atoms with E-state index in [0.29, 0.717) is 40.9 Å². The normalized spacial score (nSPS) is 24.4. The minimum Gasteiger partial charge on any atom is -0.492 e. The van der Waals surface area contributed by atoms with Crippen LogP contribution in [0.15, 0.2) is 30.9 Å². The Labute approximate surface area is 217 Å². The minimum absolute atomic E-state index is 0.348. The molecule has 2 fully saturated rings. The number of fused-ring (bicyclic) bond motifs is 1. The van der Waals surface area contributed by atoms with Crippen molar-refractivity contribution in [1.82, 2.24) is 24.4 Å². The maximum Gasteiger partial charge on any atom is 0.334 e. The second-order valence-corrected chi connectivity index (χ2v) is 9.24. The van der Waals surface area contributed by atoms with Gasteiger partial charge in [0.15, 0.2) is 29.3 Å². The molecule has 2 aliphatic rings. The standard InChI is InChI=1S/C23H28ClN7O6/c24-14-1-2-15(36-8-5-30-3-6-35-7-4-30)13(9-14)10-26-20-17-21(28-11-27-20)31(12-29-17)22-18(32)16(25)19(37-22)23(33)34/h1-2,9,11-12,16,18-19,22,32H,3-8,10,25H2,(H,33,34)(H,26,27,28). The number of nitrogens with zero attached hydrogens (tertiary/aromatic N) is 5. The van der Waals surface area contributed by atoms with E-state index in [1.165, 1.54) is 17.2 Å². The number of aliphatic hydroxyl groups excluding tert-OH is 1. The molecular formula is C23H28ClN7O6. The van der Waals surface area contributed by atoms with Gasteiger partial charge < -0.3 is 35.5 Å². The quantitative estimate of drug-likeness (QED) is 0.300. The summed E-state index contributed by atoms with van der Waals surface area (Å²) in [4.78, 5) is 26.6. The molecule has 5 N–H and O–H groups in total. The van der Waals surface area contributed by atoms with Crippen molar-refractivity contribution in [1.29, 1.82) is 0 Å². The zero-order valence-corrected chi connectivity index (χ0v) is 20.6. The average molecular weight is 534 g/mol. The molecule has 0 bridgehead atoms. The monoisotopic (exact) mass is 533 g/mol. The van der Waals surface area contributed by atoms with Gasteiger partial charge in [-0.15, -0.1) is 0 Å². The first-order valence-electron chi connectivity index (χ1n) is 11.9. The molecule has 3 aromatic rings. The maximum absolute atomic E-state index is 11.4. The number of hydrogen-bond acceptors (Lipinski definition) is 11. The Bertz CT molecular complexity index is 1250. The maximum atomic E-state index is 11.4. The van der Waals surface area contributed by atoms with Crippen LogP contribution in [-0.4, -0.2) is 98.3 Å². The highest BCUT2D eigenvalue weighted by atomic mass is 35.5. The lowest BCUT2D eigenvalue weighted by molar-refractivity contribution is -0.152. The van der Waals surface area contributed by atoms with Crippen molar-refractivity contribution in [2.45, 2.75) is 31.0 Å². The van der Waals surface area contributed by atoms with E-state index in [4.69, 9.17) is 31.5 Å². The summed E-state index contributed by atoms with van der Waals surface area (Å²) in [6, 6.07) is 4.35. The van der Waals surface area contributed by atoms with Crippen molar-refractivity contribution in [2.75, 3.05) is 44.8 Å². The summed E-state index contributed by atoms with van der Waals surface area (Å²) in [5, 5.41) is 23.6. The fourth-order valence-corrected chi connectivity index (χ4v) is 4.62. The predicted octanol–water partition coefficient (Wildman–Crippen LogP) is 0.473. The van der Waals surface area contributed by atoms with Crippen LogP contribution in [0.25, 0.3) is 11.2 Å². The lowest BCUT2D eigenvalue weighted by Crippen LogP contribution is -2.43. The van der Waals surface area contributed by atoms with E-state index in [2.05, 4.69) is 25.2 Å². The van der Waals surface area contributed by atoms with Gasteiger partial charge in [0, 0.05) is 36.8 Å².